The van der Waals surface area contributed by atoms with Crippen LogP contribution in [0.25, 0.3) is 33.2 Å². The Labute approximate surface area is 321 Å². The Morgan fingerprint density at radius 3 is 1.98 bits per heavy atom. The number of aromatic nitrogens is 3. The summed E-state index contributed by atoms with van der Waals surface area (Å²) in [7, 11) is 2.58. The average Bonchev–Trinajstić information content (AvgIpc) is 3.99. The van der Waals surface area contributed by atoms with Gasteiger partial charge in [0.05, 0.1) is 26.0 Å². The van der Waals surface area contributed by atoms with Gasteiger partial charge in [-0.3, -0.25) is 9.59 Å². The molecular weight excluding hydrogens is 701 g/mol. The van der Waals surface area contributed by atoms with Gasteiger partial charge in [0.2, 0.25) is 11.8 Å². The maximum absolute atomic E-state index is 13.6. The number of pyridine rings is 1. The number of carbonyl (C=O) groups excluding carboxylic acids is 4. The number of nitrogens with zero attached hydrogens (tertiary/aromatic N) is 4. The summed E-state index contributed by atoms with van der Waals surface area (Å²) in [6.07, 6.45) is 5.90. The predicted octanol–water partition coefficient (Wildman–Crippen LogP) is 6.12. The highest BCUT2D eigenvalue weighted by molar-refractivity contribution is 5.91. The zero-order valence-corrected chi connectivity index (χ0v) is 32.4. The number of likely N-dealkylation sites (tertiary alicyclic amines) is 2. The van der Waals surface area contributed by atoms with Crippen molar-refractivity contribution in [1.29, 1.82) is 0 Å². The second kappa shape index (κ2) is 17.2. The first-order chi connectivity index (χ1) is 26.5. The molecule has 4 atom stereocenters. The van der Waals surface area contributed by atoms with Crippen LogP contribution in [0, 0.1) is 11.8 Å². The number of H-pyrrole nitrogens is 1. The van der Waals surface area contributed by atoms with Crippen molar-refractivity contribution in [3.05, 3.63) is 66.7 Å². The smallest absolute Gasteiger partial charge is 0.407 e. The van der Waals surface area contributed by atoms with Gasteiger partial charge in [-0.2, -0.15) is 0 Å². The number of imidazole rings is 1. The molecule has 2 aromatic carbocycles. The molecule has 14 nitrogen and oxygen atoms in total. The van der Waals surface area contributed by atoms with E-state index >= 15 is 0 Å². The Kier molecular flexibility index (Phi) is 12.2. The third-order valence-corrected chi connectivity index (χ3v) is 10.6. The van der Waals surface area contributed by atoms with Gasteiger partial charge in [0.25, 0.3) is 0 Å². The molecule has 2 aliphatic rings. The lowest BCUT2D eigenvalue weighted by Gasteiger charge is -2.31. The zero-order chi connectivity index (χ0) is 39.2. The lowest BCUT2D eigenvalue weighted by atomic mass is 10.0. The molecule has 55 heavy (non-hydrogen) atoms. The van der Waals surface area contributed by atoms with Crippen molar-refractivity contribution in [1.82, 2.24) is 35.4 Å². The Morgan fingerprint density at radius 2 is 1.36 bits per heavy atom. The van der Waals surface area contributed by atoms with Crippen molar-refractivity contribution < 1.29 is 28.7 Å². The number of amides is 4. The monoisotopic (exact) mass is 752 g/mol. The molecule has 2 aliphatic heterocycles. The van der Waals surface area contributed by atoms with Gasteiger partial charge >= 0.3 is 12.2 Å². The van der Waals surface area contributed by atoms with Gasteiger partial charge in [0.15, 0.2) is 0 Å². The van der Waals surface area contributed by atoms with Gasteiger partial charge in [0, 0.05) is 49.2 Å². The van der Waals surface area contributed by atoms with Crippen LogP contribution in [0.15, 0.2) is 60.9 Å². The molecule has 4 aromatic rings. The van der Waals surface area contributed by atoms with Crippen molar-refractivity contribution in [3.8, 4) is 22.4 Å². The van der Waals surface area contributed by atoms with Crippen LogP contribution in [0.5, 0.6) is 0 Å². The highest BCUT2D eigenvalue weighted by Gasteiger charge is 2.38. The lowest BCUT2D eigenvalue weighted by Crippen LogP contribution is -2.53. The summed E-state index contributed by atoms with van der Waals surface area (Å²) in [4.78, 5) is 67.3. The largest absolute Gasteiger partial charge is 0.453 e. The number of methoxy groups -OCH3 is 2. The lowest BCUT2D eigenvalue weighted by molar-refractivity contribution is -0.136. The van der Waals surface area contributed by atoms with Crippen molar-refractivity contribution in [2.75, 3.05) is 39.2 Å². The number of aromatic amines is 1. The van der Waals surface area contributed by atoms with Crippen molar-refractivity contribution in [3.63, 3.8) is 0 Å². The number of hydrogen-bond acceptors (Lipinski definition) is 9. The molecule has 0 unspecified atom stereocenters. The van der Waals surface area contributed by atoms with Crippen LogP contribution >= 0.6 is 0 Å². The number of benzene rings is 2. The van der Waals surface area contributed by atoms with Crippen LogP contribution in [-0.2, 0) is 19.1 Å². The predicted molar refractivity (Wildman–Crippen MR) is 210 cm³/mol. The number of ether oxygens (including phenoxy) is 2. The van der Waals surface area contributed by atoms with Crippen LogP contribution in [0.1, 0.15) is 65.2 Å². The van der Waals surface area contributed by atoms with Crippen LogP contribution in [0.3, 0.4) is 0 Å². The fraction of sp³-hybridized carbons (Fsp3) is 0.463. The Morgan fingerprint density at radius 1 is 0.782 bits per heavy atom. The Bertz CT molecular complexity index is 2000. The number of rotatable bonds is 12. The van der Waals surface area contributed by atoms with Gasteiger partial charge in [-0.05, 0) is 78.1 Å². The minimum absolute atomic E-state index is 0.00552. The molecule has 0 saturated carbocycles. The Balaban J connectivity index is 1.09. The molecule has 292 valence electrons. The van der Waals surface area contributed by atoms with E-state index in [9.17, 15) is 19.2 Å². The number of nitrogens with one attached hydrogen (secondary N) is 4. The summed E-state index contributed by atoms with van der Waals surface area (Å²) in [5, 5.41) is 10.9. The number of alkyl carbamates (subject to hydrolysis) is 2. The molecule has 4 heterocycles. The maximum atomic E-state index is 13.6. The quantitative estimate of drug-likeness (QED) is 0.133. The summed E-state index contributed by atoms with van der Waals surface area (Å²) in [6.45, 7) is 9.42. The van der Waals surface area contributed by atoms with E-state index in [1.807, 2.05) is 62.0 Å². The molecule has 0 bridgehead atoms. The third-order valence-electron chi connectivity index (χ3n) is 10.6. The normalized spacial score (nSPS) is 18.0. The summed E-state index contributed by atoms with van der Waals surface area (Å²) in [6, 6.07) is 15.0. The van der Waals surface area contributed by atoms with E-state index in [1.54, 1.807) is 0 Å². The summed E-state index contributed by atoms with van der Waals surface area (Å²) >= 11 is 0. The van der Waals surface area contributed by atoms with Gasteiger partial charge in [-0.15, -0.1) is 0 Å². The first kappa shape index (κ1) is 39.0. The van der Waals surface area contributed by atoms with Crippen molar-refractivity contribution in [2.24, 2.45) is 11.8 Å². The summed E-state index contributed by atoms with van der Waals surface area (Å²) in [5.41, 5.74) is 3.78. The minimum Gasteiger partial charge on any atom is -0.453 e. The molecule has 4 amide bonds. The highest BCUT2D eigenvalue weighted by Crippen LogP contribution is 2.34. The van der Waals surface area contributed by atoms with Crippen LogP contribution in [0.4, 0.5) is 15.4 Å². The van der Waals surface area contributed by atoms with E-state index in [-0.39, 0.29) is 35.7 Å². The molecule has 2 fully saturated rings. The van der Waals surface area contributed by atoms with Gasteiger partial charge in [-0.1, -0.05) is 52.0 Å². The van der Waals surface area contributed by atoms with Crippen molar-refractivity contribution >= 4 is 40.6 Å². The molecule has 2 saturated heterocycles. The van der Waals surface area contributed by atoms with E-state index in [0.29, 0.717) is 19.6 Å². The molecule has 14 heteroatoms. The van der Waals surface area contributed by atoms with Gasteiger partial charge < -0.3 is 40.2 Å². The topological polar surface area (TPSA) is 171 Å². The number of fused-ring (bicyclic) bond motifs is 1. The standard InChI is InChI=1S/C41H52N8O6/c1-24(2)35(46-40(52)54-5)38(50)48-17-7-9-31(48)22-43-34-16-15-30(21-42-34)28-12-11-27-20-29(14-13-26(27)19-28)32-23-44-37(45-32)33-10-8-18-49(33)39(51)36(25(3)4)47-41(53)55-6/h11-16,19-21,23-25,31,33,35-36H,7-10,17-18,22H2,1-6H3,(H,42,43)(H,44,45)(H,46,52)(H,47,53)/t31-,33-,35-,36-/m0/s1. The van der Waals surface area contributed by atoms with Crippen LogP contribution in [-0.4, -0.2) is 101 Å². The van der Waals surface area contributed by atoms with E-state index in [4.69, 9.17) is 14.5 Å². The zero-order valence-electron chi connectivity index (χ0n) is 32.4. The van der Waals surface area contributed by atoms with E-state index in [2.05, 4.69) is 62.3 Å². The minimum atomic E-state index is -0.687. The molecule has 6 rings (SSSR count). The van der Waals surface area contributed by atoms with E-state index in [1.165, 1.54) is 14.2 Å². The molecule has 2 aromatic heterocycles. The van der Waals surface area contributed by atoms with Crippen molar-refractivity contribution in [2.45, 2.75) is 77.5 Å². The van der Waals surface area contributed by atoms with Gasteiger partial charge in [-0.25, -0.2) is 19.6 Å². The fourth-order valence-electron chi connectivity index (χ4n) is 7.54. The molecule has 0 radical (unpaired) electrons. The maximum Gasteiger partial charge on any atom is 0.407 e. The number of anilines is 1. The molecular formula is C41H52N8O6. The van der Waals surface area contributed by atoms with Crippen LogP contribution < -0.4 is 16.0 Å². The summed E-state index contributed by atoms with van der Waals surface area (Å²) < 4.78 is 9.50. The van der Waals surface area contributed by atoms with E-state index in [0.717, 1.165) is 70.5 Å². The average molecular weight is 753 g/mol. The molecule has 4 N–H and O–H groups in total. The first-order valence-corrected chi connectivity index (χ1v) is 19.1. The number of carbonyl (C=O) groups is 4. The number of hydrogen-bond donors (Lipinski definition) is 4. The van der Waals surface area contributed by atoms with Gasteiger partial charge in [0.1, 0.15) is 23.7 Å². The van der Waals surface area contributed by atoms with Crippen LogP contribution in [0.2, 0.25) is 0 Å². The third kappa shape index (κ3) is 8.84. The second-order valence-electron chi connectivity index (χ2n) is 15.0. The van der Waals surface area contributed by atoms with E-state index < -0.39 is 24.3 Å². The Hall–Kier alpha value is -5.66. The SMILES string of the molecule is COC(=O)N[C@H](C(=O)N1CCC[C@H]1CNc1ccc(-c2ccc3cc(-c4c[nH]c([C@@H]5CCCN5C(=O)[C@@H](NC(=O)OC)C(C)C)n4)ccc3c2)cn1)C(C)C. The highest BCUT2D eigenvalue weighted by atomic mass is 16.5. The molecule has 0 aliphatic carbocycles. The molecule has 0 spiro atoms. The first-order valence-electron chi connectivity index (χ1n) is 19.1. The summed E-state index contributed by atoms with van der Waals surface area (Å²) in [5.74, 6) is 1.04. The fourth-order valence-corrected chi connectivity index (χ4v) is 7.54. The second-order valence-corrected chi connectivity index (χ2v) is 15.0.